The number of carboxylic acid groups (broad SMARTS) is 1. The molecule has 0 aromatic rings. The number of β-amino-alcohol motifs (C(OH)–C–C–N with tert-alkyl or cyclic N) is 1. The van der Waals surface area contributed by atoms with E-state index in [0.29, 0.717) is 19.4 Å². The van der Waals surface area contributed by atoms with E-state index in [1.54, 1.807) is 6.92 Å². The number of esters is 1. The Hall–Kier alpha value is -1.83. The molecule has 8 nitrogen and oxygen atoms in total. The number of amides is 2. The first-order valence-electron chi connectivity index (χ1n) is 6.32. The van der Waals surface area contributed by atoms with Gasteiger partial charge in [0.25, 0.3) is 0 Å². The van der Waals surface area contributed by atoms with Crippen molar-refractivity contribution in [2.24, 2.45) is 0 Å². The molecule has 0 aromatic carbocycles. The molecular weight excluding hydrogens is 268 g/mol. The number of methoxy groups -OCH3 is 1. The van der Waals surface area contributed by atoms with Gasteiger partial charge in [0, 0.05) is 6.54 Å². The molecule has 1 rings (SSSR count). The van der Waals surface area contributed by atoms with E-state index in [2.05, 4.69) is 10.1 Å². The van der Waals surface area contributed by atoms with Crippen LogP contribution in [-0.2, 0) is 14.3 Å². The Morgan fingerprint density at radius 3 is 2.60 bits per heavy atom. The van der Waals surface area contributed by atoms with Crippen LogP contribution in [0.1, 0.15) is 26.2 Å². The average Bonchev–Trinajstić information content (AvgIpc) is 2.36. The summed E-state index contributed by atoms with van der Waals surface area (Å²) < 4.78 is 4.38. The first-order chi connectivity index (χ1) is 9.25. The molecule has 0 saturated carbocycles. The van der Waals surface area contributed by atoms with Gasteiger partial charge in [0.1, 0.15) is 6.04 Å². The van der Waals surface area contributed by atoms with Gasteiger partial charge < -0.3 is 25.2 Å². The summed E-state index contributed by atoms with van der Waals surface area (Å²) in [5.74, 6) is -2.03. The maximum atomic E-state index is 12.0. The minimum absolute atomic E-state index is 0.128. The second kappa shape index (κ2) is 6.56. The third kappa shape index (κ3) is 4.69. The van der Waals surface area contributed by atoms with Gasteiger partial charge >= 0.3 is 18.0 Å². The lowest BCUT2D eigenvalue weighted by Crippen LogP contribution is -2.55. The molecule has 0 bridgehead atoms. The molecule has 114 valence electrons. The lowest BCUT2D eigenvalue weighted by Gasteiger charge is -2.37. The number of likely N-dealkylation sites (tertiary alicyclic amines) is 1. The zero-order valence-electron chi connectivity index (χ0n) is 11.6. The van der Waals surface area contributed by atoms with Gasteiger partial charge in [-0.1, -0.05) is 0 Å². The normalized spacial score (nSPS) is 23.9. The van der Waals surface area contributed by atoms with Crippen molar-refractivity contribution in [1.29, 1.82) is 0 Å². The number of aliphatic hydroxyl groups is 1. The summed E-state index contributed by atoms with van der Waals surface area (Å²) in [6.45, 7) is 2.19. The second-order valence-electron chi connectivity index (χ2n) is 5.14. The number of carboxylic acids is 1. The molecule has 1 unspecified atom stereocenters. The zero-order valence-corrected chi connectivity index (χ0v) is 11.6. The minimum Gasteiger partial charge on any atom is -0.480 e. The Morgan fingerprint density at radius 2 is 2.10 bits per heavy atom. The summed E-state index contributed by atoms with van der Waals surface area (Å²) in [7, 11) is 1.14. The standard InChI is InChI=1S/C12H20N2O6/c1-12(19)4-3-5-14(7-12)11(18)13-8(10(16)17)6-9(15)20-2/h8,19H,3-7H2,1-2H3,(H,13,18)(H,16,17)/t8-,12?/m0/s1. The Kier molecular flexibility index (Phi) is 5.32. The second-order valence-corrected chi connectivity index (χ2v) is 5.14. The Labute approximate surface area is 116 Å². The van der Waals surface area contributed by atoms with E-state index in [0.717, 1.165) is 7.11 Å². The highest BCUT2D eigenvalue weighted by Crippen LogP contribution is 2.20. The fourth-order valence-corrected chi connectivity index (χ4v) is 2.08. The van der Waals surface area contributed by atoms with Gasteiger partial charge in [-0.2, -0.15) is 0 Å². The molecule has 0 aliphatic carbocycles. The number of rotatable bonds is 4. The van der Waals surface area contributed by atoms with E-state index >= 15 is 0 Å². The van der Waals surface area contributed by atoms with E-state index in [4.69, 9.17) is 5.11 Å². The van der Waals surface area contributed by atoms with Crippen molar-refractivity contribution in [2.45, 2.75) is 37.8 Å². The van der Waals surface area contributed by atoms with Crippen molar-refractivity contribution in [1.82, 2.24) is 10.2 Å². The number of nitrogens with zero attached hydrogens (tertiary/aromatic N) is 1. The van der Waals surface area contributed by atoms with Crippen molar-refractivity contribution in [3.63, 3.8) is 0 Å². The topological polar surface area (TPSA) is 116 Å². The Balaban J connectivity index is 2.61. The van der Waals surface area contributed by atoms with Crippen LogP contribution in [0.5, 0.6) is 0 Å². The van der Waals surface area contributed by atoms with Gasteiger partial charge in [-0.15, -0.1) is 0 Å². The maximum absolute atomic E-state index is 12.0. The average molecular weight is 288 g/mol. The highest BCUT2D eigenvalue weighted by atomic mass is 16.5. The monoisotopic (exact) mass is 288 g/mol. The van der Waals surface area contributed by atoms with E-state index in [9.17, 15) is 19.5 Å². The van der Waals surface area contributed by atoms with E-state index in [-0.39, 0.29) is 6.54 Å². The molecule has 3 N–H and O–H groups in total. The number of carbonyl (C=O) groups excluding carboxylic acids is 2. The summed E-state index contributed by atoms with van der Waals surface area (Å²) in [6.07, 6.45) is 0.776. The minimum atomic E-state index is -1.35. The molecular formula is C12H20N2O6. The lowest BCUT2D eigenvalue weighted by molar-refractivity contribution is -0.147. The lowest BCUT2D eigenvalue weighted by atomic mass is 9.95. The third-order valence-electron chi connectivity index (χ3n) is 3.16. The van der Waals surface area contributed by atoms with Gasteiger partial charge in [-0.25, -0.2) is 9.59 Å². The zero-order chi connectivity index (χ0) is 15.3. The van der Waals surface area contributed by atoms with Crippen molar-refractivity contribution >= 4 is 18.0 Å². The number of piperidine rings is 1. The molecule has 1 aliphatic rings. The van der Waals surface area contributed by atoms with Crippen LogP contribution in [0.3, 0.4) is 0 Å². The van der Waals surface area contributed by atoms with Crippen molar-refractivity contribution in [2.75, 3.05) is 20.2 Å². The summed E-state index contributed by atoms with van der Waals surface area (Å²) in [5, 5.41) is 21.2. The summed E-state index contributed by atoms with van der Waals surface area (Å²) in [4.78, 5) is 35.4. The fraction of sp³-hybridized carbons (Fsp3) is 0.750. The van der Waals surface area contributed by atoms with Gasteiger partial charge in [-0.05, 0) is 19.8 Å². The van der Waals surface area contributed by atoms with Crippen LogP contribution in [0.2, 0.25) is 0 Å². The number of urea groups is 1. The summed E-state index contributed by atoms with van der Waals surface area (Å²) in [5.41, 5.74) is -0.976. The van der Waals surface area contributed by atoms with Crippen LogP contribution in [0.15, 0.2) is 0 Å². The molecule has 1 aliphatic heterocycles. The molecule has 2 atom stereocenters. The first kappa shape index (κ1) is 16.2. The number of ether oxygens (including phenoxy) is 1. The Bertz CT molecular complexity index is 395. The smallest absolute Gasteiger partial charge is 0.326 e. The number of hydrogen-bond donors (Lipinski definition) is 3. The van der Waals surface area contributed by atoms with E-state index in [1.807, 2.05) is 0 Å². The molecule has 0 spiro atoms. The van der Waals surface area contributed by atoms with Crippen molar-refractivity contribution < 1.29 is 29.3 Å². The van der Waals surface area contributed by atoms with Crippen LogP contribution in [0.25, 0.3) is 0 Å². The SMILES string of the molecule is COC(=O)C[C@H](NC(=O)N1CCCC(C)(O)C1)C(=O)O. The predicted molar refractivity (Wildman–Crippen MR) is 68.0 cm³/mol. The number of nitrogens with one attached hydrogen (secondary N) is 1. The Morgan fingerprint density at radius 1 is 1.45 bits per heavy atom. The molecule has 8 heteroatoms. The largest absolute Gasteiger partial charge is 0.480 e. The maximum Gasteiger partial charge on any atom is 0.326 e. The van der Waals surface area contributed by atoms with Gasteiger partial charge in [-0.3, -0.25) is 4.79 Å². The molecule has 20 heavy (non-hydrogen) atoms. The highest BCUT2D eigenvalue weighted by molar-refractivity contribution is 5.86. The summed E-state index contributed by atoms with van der Waals surface area (Å²) >= 11 is 0. The van der Waals surface area contributed by atoms with Gasteiger partial charge in [0.05, 0.1) is 25.7 Å². The highest BCUT2D eigenvalue weighted by Gasteiger charge is 2.33. The number of carbonyl (C=O) groups is 3. The van der Waals surface area contributed by atoms with Crippen LogP contribution in [0.4, 0.5) is 4.79 Å². The quantitative estimate of drug-likeness (QED) is 0.604. The number of aliphatic carboxylic acids is 1. The van der Waals surface area contributed by atoms with Crippen molar-refractivity contribution in [3.8, 4) is 0 Å². The first-order valence-corrected chi connectivity index (χ1v) is 6.32. The number of hydrogen-bond acceptors (Lipinski definition) is 5. The van der Waals surface area contributed by atoms with Crippen LogP contribution < -0.4 is 5.32 Å². The van der Waals surface area contributed by atoms with Crippen molar-refractivity contribution in [3.05, 3.63) is 0 Å². The van der Waals surface area contributed by atoms with Crippen LogP contribution in [0, 0.1) is 0 Å². The van der Waals surface area contributed by atoms with Crippen LogP contribution in [-0.4, -0.2) is 64.9 Å². The molecule has 1 fully saturated rings. The third-order valence-corrected chi connectivity index (χ3v) is 3.16. The molecule has 2 amide bonds. The van der Waals surface area contributed by atoms with Gasteiger partial charge in [0.15, 0.2) is 0 Å². The van der Waals surface area contributed by atoms with E-state index in [1.165, 1.54) is 4.90 Å². The summed E-state index contributed by atoms with van der Waals surface area (Å²) in [6, 6.07) is -1.96. The van der Waals surface area contributed by atoms with E-state index < -0.39 is 36.0 Å². The molecule has 0 aromatic heterocycles. The molecule has 0 radical (unpaired) electrons. The molecule has 1 heterocycles. The van der Waals surface area contributed by atoms with Crippen LogP contribution >= 0.6 is 0 Å². The fourth-order valence-electron chi connectivity index (χ4n) is 2.08. The molecule has 1 saturated heterocycles. The van der Waals surface area contributed by atoms with Gasteiger partial charge in [0.2, 0.25) is 0 Å². The predicted octanol–water partition coefficient (Wildman–Crippen LogP) is -0.441.